The molecule has 0 saturated carbocycles. The fourth-order valence-electron chi connectivity index (χ4n) is 3.12. The van der Waals surface area contributed by atoms with Crippen LogP contribution in [0.3, 0.4) is 0 Å². The first kappa shape index (κ1) is 14.8. The maximum Gasteiger partial charge on any atom is 0.0466 e. The third-order valence-corrected chi connectivity index (χ3v) is 5.35. The maximum absolute atomic E-state index is 5.29. The molecular weight excluding hydrogens is 280 g/mol. The molecule has 3 nitrogen and oxygen atoms in total. The van der Waals surface area contributed by atoms with E-state index in [4.69, 9.17) is 4.74 Å². The Morgan fingerprint density at radius 1 is 1.33 bits per heavy atom. The van der Waals surface area contributed by atoms with Crippen molar-refractivity contribution in [2.75, 3.05) is 20.3 Å². The minimum atomic E-state index is 0.666. The predicted octanol–water partition coefficient (Wildman–Crippen LogP) is 3.53. The third-order valence-electron chi connectivity index (χ3n) is 4.35. The monoisotopic (exact) mass is 304 g/mol. The first-order valence-corrected chi connectivity index (χ1v) is 8.52. The summed E-state index contributed by atoms with van der Waals surface area (Å²) in [4.78, 5) is 4.10. The van der Waals surface area contributed by atoms with Gasteiger partial charge in [0, 0.05) is 56.7 Å². The van der Waals surface area contributed by atoms with E-state index in [-0.39, 0.29) is 0 Å². The van der Waals surface area contributed by atoms with E-state index in [2.05, 4.69) is 46.2 Å². The second-order valence-corrected chi connectivity index (χ2v) is 7.00. The van der Waals surface area contributed by atoms with Gasteiger partial charge in [0.1, 0.15) is 0 Å². The number of methoxy groups -OCH3 is 1. The summed E-state index contributed by atoms with van der Waals surface area (Å²) in [5.74, 6) is 0.666. The Labute approximate surface area is 131 Å². The number of thiophene rings is 1. The molecule has 1 aliphatic rings. The van der Waals surface area contributed by atoms with Gasteiger partial charge in [0.2, 0.25) is 0 Å². The molecule has 2 aromatic heterocycles. The highest BCUT2D eigenvalue weighted by Crippen LogP contribution is 2.24. The first-order valence-electron chi connectivity index (χ1n) is 7.64. The van der Waals surface area contributed by atoms with Crippen LogP contribution >= 0.6 is 11.3 Å². The van der Waals surface area contributed by atoms with Gasteiger partial charge in [0.15, 0.2) is 0 Å². The normalized spacial score (nSPS) is 19.4. The molecule has 0 spiro atoms. The van der Waals surface area contributed by atoms with Crippen molar-refractivity contribution in [1.82, 2.24) is 9.47 Å². The Morgan fingerprint density at radius 3 is 3.00 bits per heavy atom. The third kappa shape index (κ3) is 3.57. The standard InChI is InChI=1S/C17H24N2OS/c1-14-6-9-21-17(14)13-18-10-15(5-8-20-2)11-19-7-3-4-16(19)12-18/h3-4,6-7,9,15H,5,8,10-13H2,1-2H3/t15-/m0/s1. The molecule has 0 bridgehead atoms. The lowest BCUT2D eigenvalue weighted by molar-refractivity contribution is 0.151. The van der Waals surface area contributed by atoms with Crippen molar-refractivity contribution in [2.45, 2.75) is 33.0 Å². The molecule has 4 heteroatoms. The molecule has 0 saturated heterocycles. The minimum Gasteiger partial charge on any atom is -0.385 e. The Morgan fingerprint density at radius 2 is 2.24 bits per heavy atom. The molecular formula is C17H24N2OS. The van der Waals surface area contributed by atoms with Gasteiger partial charge in [-0.2, -0.15) is 0 Å². The van der Waals surface area contributed by atoms with Gasteiger partial charge in [-0.1, -0.05) is 0 Å². The SMILES string of the molecule is COCC[C@H]1CN(Cc2sccc2C)Cc2cccn2C1. The number of aryl methyl sites for hydroxylation is 1. The Kier molecular flexibility index (Phi) is 4.78. The molecule has 0 radical (unpaired) electrons. The summed E-state index contributed by atoms with van der Waals surface area (Å²) in [6, 6.07) is 6.65. The van der Waals surface area contributed by atoms with Crippen LogP contribution in [-0.2, 0) is 24.4 Å². The zero-order chi connectivity index (χ0) is 14.7. The van der Waals surface area contributed by atoms with Crippen LogP contribution < -0.4 is 0 Å². The zero-order valence-electron chi connectivity index (χ0n) is 12.9. The molecule has 1 aliphatic heterocycles. The van der Waals surface area contributed by atoms with Crippen LogP contribution in [-0.4, -0.2) is 29.7 Å². The van der Waals surface area contributed by atoms with E-state index in [0.717, 1.165) is 39.2 Å². The first-order chi connectivity index (χ1) is 10.3. The molecule has 114 valence electrons. The summed E-state index contributed by atoms with van der Waals surface area (Å²) < 4.78 is 7.71. The van der Waals surface area contributed by atoms with Crippen molar-refractivity contribution < 1.29 is 4.74 Å². The van der Waals surface area contributed by atoms with Gasteiger partial charge < -0.3 is 9.30 Å². The highest BCUT2D eigenvalue weighted by Gasteiger charge is 2.22. The molecule has 0 amide bonds. The molecule has 0 fully saturated rings. The van der Waals surface area contributed by atoms with E-state index in [1.165, 1.54) is 16.1 Å². The van der Waals surface area contributed by atoms with E-state index in [0.29, 0.717) is 5.92 Å². The van der Waals surface area contributed by atoms with Crippen molar-refractivity contribution in [3.05, 3.63) is 45.9 Å². The highest BCUT2D eigenvalue weighted by molar-refractivity contribution is 7.10. The Hall–Kier alpha value is -1.10. The second-order valence-electron chi connectivity index (χ2n) is 6.00. The lowest BCUT2D eigenvalue weighted by Gasteiger charge is -2.23. The van der Waals surface area contributed by atoms with Crippen LogP contribution in [0.5, 0.6) is 0 Å². The van der Waals surface area contributed by atoms with E-state index in [1.54, 1.807) is 7.11 Å². The summed E-state index contributed by atoms with van der Waals surface area (Å²) in [7, 11) is 1.80. The van der Waals surface area contributed by atoms with Gasteiger partial charge in [-0.3, -0.25) is 4.90 Å². The summed E-state index contributed by atoms with van der Waals surface area (Å²) in [6.45, 7) is 7.46. The second kappa shape index (κ2) is 6.77. The van der Waals surface area contributed by atoms with Crippen molar-refractivity contribution in [1.29, 1.82) is 0 Å². The number of ether oxygens (including phenoxy) is 1. The lowest BCUT2D eigenvalue weighted by Crippen LogP contribution is -2.28. The average molecular weight is 304 g/mol. The van der Waals surface area contributed by atoms with E-state index >= 15 is 0 Å². The van der Waals surface area contributed by atoms with Gasteiger partial charge >= 0.3 is 0 Å². The smallest absolute Gasteiger partial charge is 0.0466 e. The van der Waals surface area contributed by atoms with Gasteiger partial charge in [-0.15, -0.1) is 11.3 Å². The highest BCUT2D eigenvalue weighted by atomic mass is 32.1. The van der Waals surface area contributed by atoms with Gasteiger partial charge in [-0.05, 0) is 48.4 Å². The van der Waals surface area contributed by atoms with Crippen LogP contribution in [0.4, 0.5) is 0 Å². The number of fused-ring (bicyclic) bond motifs is 1. The van der Waals surface area contributed by atoms with Gasteiger partial charge in [0.25, 0.3) is 0 Å². The lowest BCUT2D eigenvalue weighted by atomic mass is 10.1. The average Bonchev–Trinajstić information content (AvgIpc) is 3.03. The fraction of sp³-hybridized carbons (Fsp3) is 0.529. The molecule has 3 heterocycles. The van der Waals surface area contributed by atoms with Crippen molar-refractivity contribution in [3.8, 4) is 0 Å². The summed E-state index contributed by atoms with van der Waals surface area (Å²) in [5, 5.41) is 2.20. The quantitative estimate of drug-likeness (QED) is 0.841. The number of aromatic nitrogens is 1. The minimum absolute atomic E-state index is 0.666. The van der Waals surface area contributed by atoms with Crippen LogP contribution in [0.2, 0.25) is 0 Å². The molecule has 21 heavy (non-hydrogen) atoms. The largest absolute Gasteiger partial charge is 0.385 e. The number of nitrogens with zero attached hydrogens (tertiary/aromatic N) is 2. The number of hydrogen-bond acceptors (Lipinski definition) is 3. The van der Waals surface area contributed by atoms with Crippen LogP contribution in [0, 0.1) is 12.8 Å². The summed E-state index contributed by atoms with van der Waals surface area (Å²) >= 11 is 1.88. The van der Waals surface area contributed by atoms with E-state index in [1.807, 2.05) is 11.3 Å². The van der Waals surface area contributed by atoms with Crippen LogP contribution in [0.1, 0.15) is 22.6 Å². The molecule has 0 N–H and O–H groups in total. The van der Waals surface area contributed by atoms with E-state index < -0.39 is 0 Å². The number of hydrogen-bond donors (Lipinski definition) is 0. The number of rotatable bonds is 5. The zero-order valence-corrected chi connectivity index (χ0v) is 13.7. The van der Waals surface area contributed by atoms with Gasteiger partial charge in [-0.25, -0.2) is 0 Å². The molecule has 1 atom stereocenters. The Balaban J connectivity index is 1.75. The van der Waals surface area contributed by atoms with Gasteiger partial charge in [0.05, 0.1) is 0 Å². The van der Waals surface area contributed by atoms with Crippen molar-refractivity contribution in [2.24, 2.45) is 5.92 Å². The van der Waals surface area contributed by atoms with Crippen LogP contribution in [0.25, 0.3) is 0 Å². The topological polar surface area (TPSA) is 17.4 Å². The van der Waals surface area contributed by atoms with Crippen molar-refractivity contribution in [3.63, 3.8) is 0 Å². The summed E-state index contributed by atoms with van der Waals surface area (Å²) in [5.41, 5.74) is 2.86. The molecule has 0 aliphatic carbocycles. The predicted molar refractivity (Wildman–Crippen MR) is 87.6 cm³/mol. The fourth-order valence-corrected chi connectivity index (χ4v) is 4.07. The molecule has 2 aromatic rings. The van der Waals surface area contributed by atoms with E-state index in [9.17, 15) is 0 Å². The molecule has 0 aromatic carbocycles. The summed E-state index contributed by atoms with van der Waals surface area (Å²) in [6.07, 6.45) is 3.35. The molecule has 3 rings (SSSR count). The molecule has 0 unspecified atom stereocenters. The maximum atomic E-state index is 5.29. The van der Waals surface area contributed by atoms with Crippen LogP contribution in [0.15, 0.2) is 29.8 Å². The van der Waals surface area contributed by atoms with Crippen molar-refractivity contribution >= 4 is 11.3 Å². The Bertz CT molecular complexity index is 575.